The Kier molecular flexibility index (Phi) is 4.41. The number of hydrogen-bond acceptors (Lipinski definition) is 5. The fourth-order valence-electron chi connectivity index (χ4n) is 2.43. The van der Waals surface area contributed by atoms with Crippen LogP contribution in [-0.4, -0.2) is 50.9 Å². The zero-order chi connectivity index (χ0) is 15.6. The predicted octanol–water partition coefficient (Wildman–Crippen LogP) is 0.960. The van der Waals surface area contributed by atoms with E-state index in [0.29, 0.717) is 29.9 Å². The maximum Gasteiger partial charge on any atom is 0.253 e. The van der Waals surface area contributed by atoms with Gasteiger partial charge in [0.1, 0.15) is 0 Å². The number of hydrogen-bond donors (Lipinski definition) is 2. The third-order valence-electron chi connectivity index (χ3n) is 3.69. The van der Waals surface area contributed by atoms with Crippen molar-refractivity contribution in [3.63, 3.8) is 0 Å². The van der Waals surface area contributed by atoms with Gasteiger partial charge in [0.25, 0.3) is 5.91 Å². The molecule has 1 amide bonds. The third kappa shape index (κ3) is 3.47. The topological polar surface area (TPSA) is 92.5 Å². The first kappa shape index (κ1) is 15.6. The summed E-state index contributed by atoms with van der Waals surface area (Å²) in [5.41, 5.74) is 7.54. The fraction of sp³-hybridized carbons (Fsp3) is 0.500. The maximum atomic E-state index is 11.8. The van der Waals surface area contributed by atoms with E-state index in [2.05, 4.69) is 5.32 Å². The minimum Gasteiger partial charge on any atom is -0.397 e. The number of anilines is 2. The molecule has 0 spiro atoms. The summed E-state index contributed by atoms with van der Waals surface area (Å²) in [5, 5.41) is 2.73. The molecule has 0 aliphatic carbocycles. The van der Waals surface area contributed by atoms with Crippen molar-refractivity contribution in [2.45, 2.75) is 18.1 Å². The van der Waals surface area contributed by atoms with E-state index >= 15 is 0 Å². The van der Waals surface area contributed by atoms with Gasteiger partial charge in [0.15, 0.2) is 9.84 Å². The second-order valence-corrected chi connectivity index (χ2v) is 7.91. The van der Waals surface area contributed by atoms with Crippen molar-refractivity contribution >= 4 is 27.1 Å². The lowest BCUT2D eigenvalue weighted by Crippen LogP contribution is -2.25. The van der Waals surface area contributed by atoms with Crippen molar-refractivity contribution in [2.75, 3.05) is 37.4 Å². The molecule has 3 N–H and O–H groups in total. The van der Waals surface area contributed by atoms with Crippen LogP contribution in [0, 0.1) is 0 Å². The van der Waals surface area contributed by atoms with Crippen molar-refractivity contribution in [3.8, 4) is 0 Å². The molecule has 0 aromatic heterocycles. The Balaban J connectivity index is 2.06. The van der Waals surface area contributed by atoms with Gasteiger partial charge in [-0.2, -0.15) is 0 Å². The highest BCUT2D eigenvalue weighted by atomic mass is 32.2. The van der Waals surface area contributed by atoms with Gasteiger partial charge in [-0.25, -0.2) is 8.42 Å². The Hall–Kier alpha value is -1.76. The predicted molar refractivity (Wildman–Crippen MR) is 84.2 cm³/mol. The Morgan fingerprint density at radius 1 is 1.43 bits per heavy atom. The molecule has 0 bridgehead atoms. The minimum absolute atomic E-state index is 0.119. The molecular formula is C14H21N3O3S. The third-order valence-corrected chi connectivity index (χ3v) is 5.96. The highest BCUT2D eigenvalue weighted by Crippen LogP contribution is 2.24. The lowest BCUT2D eigenvalue weighted by atomic mass is 10.1. The maximum absolute atomic E-state index is 11.8. The molecule has 1 fully saturated rings. The van der Waals surface area contributed by atoms with E-state index in [0.717, 1.165) is 6.42 Å². The van der Waals surface area contributed by atoms with Crippen LogP contribution in [0.25, 0.3) is 0 Å². The van der Waals surface area contributed by atoms with Crippen molar-refractivity contribution in [2.24, 2.45) is 0 Å². The van der Waals surface area contributed by atoms with Gasteiger partial charge in [0.05, 0.1) is 22.4 Å². The second kappa shape index (κ2) is 5.93. The minimum atomic E-state index is -2.97. The standard InChI is InChI=1S/C14H21N3O3S/c1-17(2)14(18)10-5-6-13(12(15)8-10)16-9-11-4-3-7-21(11,19)20/h5-6,8,11,16H,3-4,7,9,15H2,1-2H3. The zero-order valence-corrected chi connectivity index (χ0v) is 13.1. The number of benzene rings is 1. The van der Waals surface area contributed by atoms with Crippen LogP contribution in [0.3, 0.4) is 0 Å². The number of carbonyl (C=O) groups excluding carboxylic acids is 1. The van der Waals surface area contributed by atoms with Crippen molar-refractivity contribution in [3.05, 3.63) is 23.8 Å². The van der Waals surface area contributed by atoms with Crippen LogP contribution in [0.4, 0.5) is 11.4 Å². The number of sulfone groups is 1. The average Bonchev–Trinajstić information content (AvgIpc) is 2.75. The van der Waals surface area contributed by atoms with Crippen LogP contribution in [0.1, 0.15) is 23.2 Å². The van der Waals surface area contributed by atoms with Crippen LogP contribution in [-0.2, 0) is 9.84 Å². The van der Waals surface area contributed by atoms with Gasteiger partial charge in [-0.05, 0) is 31.0 Å². The van der Waals surface area contributed by atoms with Crippen LogP contribution in [0.5, 0.6) is 0 Å². The molecule has 1 aromatic carbocycles. The SMILES string of the molecule is CN(C)C(=O)c1ccc(NCC2CCCS2(=O)=O)c(N)c1. The highest BCUT2D eigenvalue weighted by Gasteiger charge is 2.30. The van der Waals surface area contributed by atoms with Gasteiger partial charge in [-0.15, -0.1) is 0 Å². The van der Waals surface area contributed by atoms with Gasteiger partial charge in [0, 0.05) is 26.2 Å². The Morgan fingerprint density at radius 2 is 2.14 bits per heavy atom. The molecule has 1 atom stereocenters. The lowest BCUT2D eigenvalue weighted by Gasteiger charge is -2.15. The smallest absolute Gasteiger partial charge is 0.253 e. The Bertz CT molecular complexity index is 641. The molecular weight excluding hydrogens is 290 g/mol. The molecule has 2 rings (SSSR count). The van der Waals surface area contributed by atoms with E-state index in [9.17, 15) is 13.2 Å². The quantitative estimate of drug-likeness (QED) is 0.808. The molecule has 1 heterocycles. The second-order valence-electron chi connectivity index (χ2n) is 5.51. The summed E-state index contributed by atoms with van der Waals surface area (Å²) >= 11 is 0. The summed E-state index contributed by atoms with van der Waals surface area (Å²) in [6.45, 7) is 0.355. The number of carbonyl (C=O) groups is 1. The van der Waals surface area contributed by atoms with E-state index in [1.807, 2.05) is 0 Å². The zero-order valence-electron chi connectivity index (χ0n) is 12.3. The van der Waals surface area contributed by atoms with Crippen LogP contribution in [0.2, 0.25) is 0 Å². The number of amides is 1. The normalized spacial score (nSPS) is 20.2. The highest BCUT2D eigenvalue weighted by molar-refractivity contribution is 7.92. The largest absolute Gasteiger partial charge is 0.397 e. The van der Waals surface area contributed by atoms with Gasteiger partial charge >= 0.3 is 0 Å². The van der Waals surface area contributed by atoms with Crippen molar-refractivity contribution in [1.29, 1.82) is 0 Å². The van der Waals surface area contributed by atoms with Crippen molar-refractivity contribution in [1.82, 2.24) is 4.90 Å². The summed E-state index contributed by atoms with van der Waals surface area (Å²) in [5.74, 6) is 0.150. The Morgan fingerprint density at radius 3 is 2.67 bits per heavy atom. The Labute approximate surface area is 125 Å². The molecule has 7 heteroatoms. The summed E-state index contributed by atoms with van der Waals surface area (Å²) in [6.07, 6.45) is 1.41. The summed E-state index contributed by atoms with van der Waals surface area (Å²) in [4.78, 5) is 13.3. The molecule has 0 radical (unpaired) electrons. The fourth-order valence-corrected chi connectivity index (χ4v) is 4.19. The summed E-state index contributed by atoms with van der Waals surface area (Å²) in [6, 6.07) is 5.01. The van der Waals surface area contributed by atoms with Crippen LogP contribution in [0.15, 0.2) is 18.2 Å². The molecule has 1 aliphatic heterocycles. The number of nitrogens with zero attached hydrogens (tertiary/aromatic N) is 1. The van der Waals surface area contributed by atoms with Crippen LogP contribution >= 0.6 is 0 Å². The molecule has 1 aliphatic rings. The molecule has 116 valence electrons. The number of nitrogens with two attached hydrogens (primary N) is 1. The van der Waals surface area contributed by atoms with Crippen molar-refractivity contribution < 1.29 is 13.2 Å². The van der Waals surface area contributed by atoms with Crippen LogP contribution < -0.4 is 11.1 Å². The van der Waals surface area contributed by atoms with Gasteiger partial charge in [-0.1, -0.05) is 0 Å². The molecule has 6 nitrogen and oxygen atoms in total. The van der Waals surface area contributed by atoms with E-state index < -0.39 is 9.84 Å². The molecule has 21 heavy (non-hydrogen) atoms. The summed E-state index contributed by atoms with van der Waals surface area (Å²) < 4.78 is 23.5. The molecule has 1 unspecified atom stereocenters. The summed E-state index contributed by atoms with van der Waals surface area (Å²) in [7, 11) is 0.385. The van der Waals surface area contributed by atoms with E-state index in [1.54, 1.807) is 32.3 Å². The molecule has 1 aromatic rings. The first-order valence-corrected chi connectivity index (χ1v) is 8.59. The van der Waals surface area contributed by atoms with Gasteiger partial charge < -0.3 is 16.0 Å². The first-order valence-electron chi connectivity index (χ1n) is 6.88. The first-order chi connectivity index (χ1) is 9.81. The number of nitrogen functional groups attached to an aromatic ring is 1. The molecule has 1 saturated heterocycles. The monoisotopic (exact) mass is 311 g/mol. The van der Waals surface area contributed by atoms with Gasteiger partial charge in [-0.3, -0.25) is 4.79 Å². The number of rotatable bonds is 4. The number of nitrogens with one attached hydrogen (secondary N) is 1. The molecule has 0 saturated carbocycles. The van der Waals surface area contributed by atoms with Gasteiger partial charge in [0.2, 0.25) is 0 Å². The lowest BCUT2D eigenvalue weighted by molar-refractivity contribution is 0.0827. The van der Waals surface area contributed by atoms with E-state index in [-0.39, 0.29) is 16.9 Å². The van der Waals surface area contributed by atoms with E-state index in [1.165, 1.54) is 4.90 Å². The van der Waals surface area contributed by atoms with E-state index in [4.69, 9.17) is 5.73 Å². The average molecular weight is 311 g/mol.